The summed E-state index contributed by atoms with van der Waals surface area (Å²) >= 11 is 3.23. The fourth-order valence-corrected chi connectivity index (χ4v) is 1.83. The van der Waals surface area contributed by atoms with Gasteiger partial charge in [0.25, 0.3) is 0 Å². The van der Waals surface area contributed by atoms with E-state index < -0.39 is 24.0 Å². The molecule has 2 aromatic carbocycles. The van der Waals surface area contributed by atoms with Gasteiger partial charge in [0.1, 0.15) is 0 Å². The van der Waals surface area contributed by atoms with Crippen LogP contribution in [0.4, 0.5) is 17.6 Å². The van der Waals surface area contributed by atoms with Crippen molar-refractivity contribution in [2.24, 2.45) is 0 Å². The van der Waals surface area contributed by atoms with Crippen molar-refractivity contribution in [2.75, 3.05) is 0 Å². The highest BCUT2D eigenvalue weighted by atomic mass is 79.9. The Labute approximate surface area is 114 Å². The highest BCUT2D eigenvalue weighted by Gasteiger charge is 2.17. The minimum Gasteiger partial charge on any atom is -0.429 e. The molecule has 0 fully saturated rings. The lowest BCUT2D eigenvalue weighted by Crippen LogP contribution is -2.05. The molecule has 0 aliphatic carbocycles. The molecule has 0 unspecified atom stereocenters. The van der Waals surface area contributed by atoms with Crippen molar-refractivity contribution in [3.05, 3.63) is 52.5 Å². The van der Waals surface area contributed by atoms with Gasteiger partial charge in [-0.25, -0.2) is 8.78 Å². The molecule has 100 valence electrons. The fourth-order valence-electron chi connectivity index (χ4n) is 1.57. The molecule has 0 heterocycles. The number of benzene rings is 2. The van der Waals surface area contributed by atoms with E-state index in [1.54, 1.807) is 24.3 Å². The largest absolute Gasteiger partial charge is 0.429 e. The Morgan fingerprint density at radius 3 is 1.89 bits per heavy atom. The predicted octanol–water partition coefficient (Wildman–Crippen LogP) is 5.00. The van der Waals surface area contributed by atoms with E-state index >= 15 is 0 Å². The third-order valence-corrected chi connectivity index (χ3v) is 2.91. The Hall–Kier alpha value is -1.56. The summed E-state index contributed by atoms with van der Waals surface area (Å²) in [6.45, 7) is -3.28. The molecule has 0 atom stereocenters. The number of ether oxygens (including phenoxy) is 1. The lowest BCUT2D eigenvalue weighted by Gasteiger charge is -2.09. The van der Waals surface area contributed by atoms with Crippen molar-refractivity contribution in [3.8, 4) is 16.9 Å². The van der Waals surface area contributed by atoms with E-state index in [2.05, 4.69) is 20.7 Å². The summed E-state index contributed by atoms with van der Waals surface area (Å²) in [5.74, 6) is -3.41. The molecule has 2 aromatic rings. The van der Waals surface area contributed by atoms with E-state index in [1.807, 2.05) is 0 Å². The van der Waals surface area contributed by atoms with Crippen LogP contribution in [0, 0.1) is 11.6 Å². The lowest BCUT2D eigenvalue weighted by atomic mass is 10.1. The number of rotatable bonds is 3. The first-order valence-electron chi connectivity index (χ1n) is 5.17. The van der Waals surface area contributed by atoms with Gasteiger partial charge in [0.2, 0.25) is 0 Å². The molecule has 6 heteroatoms. The molecule has 1 nitrogen and oxygen atoms in total. The summed E-state index contributed by atoms with van der Waals surface area (Å²) < 4.78 is 55.6. The van der Waals surface area contributed by atoms with E-state index in [4.69, 9.17) is 0 Å². The van der Waals surface area contributed by atoms with Gasteiger partial charge in [0.05, 0.1) is 0 Å². The van der Waals surface area contributed by atoms with Gasteiger partial charge in [-0.05, 0) is 35.4 Å². The maximum absolute atomic E-state index is 13.5. The van der Waals surface area contributed by atoms with E-state index in [1.165, 1.54) is 0 Å². The predicted molar refractivity (Wildman–Crippen MR) is 66.1 cm³/mol. The maximum Gasteiger partial charge on any atom is 0.387 e. The molecular weight excluding hydrogens is 328 g/mol. The zero-order chi connectivity index (χ0) is 14.0. The number of alkyl halides is 2. The Kier molecular flexibility index (Phi) is 4.09. The summed E-state index contributed by atoms with van der Waals surface area (Å²) in [6, 6.07) is 8.59. The average Bonchev–Trinajstić information content (AvgIpc) is 2.34. The Balaban J connectivity index is 2.42. The molecule has 0 amide bonds. The topological polar surface area (TPSA) is 9.23 Å². The van der Waals surface area contributed by atoms with Gasteiger partial charge in [-0.15, -0.1) is 0 Å². The van der Waals surface area contributed by atoms with E-state index in [9.17, 15) is 17.6 Å². The average molecular weight is 335 g/mol. The first kappa shape index (κ1) is 13.9. The minimum atomic E-state index is -3.28. The van der Waals surface area contributed by atoms with Gasteiger partial charge in [0.15, 0.2) is 17.4 Å². The maximum atomic E-state index is 13.5. The molecule has 0 aliphatic heterocycles. The van der Waals surface area contributed by atoms with Gasteiger partial charge in [-0.2, -0.15) is 8.78 Å². The minimum absolute atomic E-state index is 0.240. The van der Waals surface area contributed by atoms with Crippen LogP contribution in [0.2, 0.25) is 0 Å². The SMILES string of the molecule is Fc1cc(-c2ccc(Br)cc2)cc(F)c1OC(F)F. The Morgan fingerprint density at radius 1 is 0.895 bits per heavy atom. The smallest absolute Gasteiger partial charge is 0.387 e. The highest BCUT2D eigenvalue weighted by molar-refractivity contribution is 9.10. The highest BCUT2D eigenvalue weighted by Crippen LogP contribution is 2.30. The van der Waals surface area contributed by atoms with E-state index in [0.29, 0.717) is 5.56 Å². The number of hydrogen-bond acceptors (Lipinski definition) is 1. The zero-order valence-corrected chi connectivity index (χ0v) is 10.9. The zero-order valence-electron chi connectivity index (χ0n) is 9.34. The first-order chi connectivity index (χ1) is 8.97. The van der Waals surface area contributed by atoms with Gasteiger partial charge in [0, 0.05) is 4.47 Å². The molecule has 0 saturated carbocycles. The summed E-state index contributed by atoms with van der Waals surface area (Å²) in [5, 5.41) is 0. The molecule has 19 heavy (non-hydrogen) atoms. The van der Waals surface area contributed by atoms with Crippen LogP contribution in [-0.2, 0) is 0 Å². The van der Waals surface area contributed by atoms with Crippen molar-refractivity contribution in [3.63, 3.8) is 0 Å². The molecule has 0 saturated heterocycles. The summed E-state index contributed by atoms with van der Waals surface area (Å²) in [4.78, 5) is 0. The molecule has 0 aromatic heterocycles. The van der Waals surface area contributed by atoms with Crippen LogP contribution in [0.3, 0.4) is 0 Å². The van der Waals surface area contributed by atoms with Crippen LogP contribution in [-0.4, -0.2) is 6.61 Å². The quantitative estimate of drug-likeness (QED) is 0.718. The van der Waals surface area contributed by atoms with Crippen LogP contribution in [0.1, 0.15) is 0 Å². The molecule has 2 rings (SSSR count). The third kappa shape index (κ3) is 3.26. The van der Waals surface area contributed by atoms with Gasteiger partial charge in [-0.1, -0.05) is 28.1 Å². The number of hydrogen-bond donors (Lipinski definition) is 0. The van der Waals surface area contributed by atoms with E-state index in [0.717, 1.165) is 16.6 Å². The molecule has 0 spiro atoms. The third-order valence-electron chi connectivity index (χ3n) is 2.38. The van der Waals surface area contributed by atoms with Gasteiger partial charge < -0.3 is 4.74 Å². The molecule has 0 radical (unpaired) electrons. The van der Waals surface area contributed by atoms with Gasteiger partial charge >= 0.3 is 6.61 Å². The fraction of sp³-hybridized carbons (Fsp3) is 0.0769. The van der Waals surface area contributed by atoms with Crippen LogP contribution in [0.5, 0.6) is 5.75 Å². The second-order valence-corrected chi connectivity index (χ2v) is 4.57. The van der Waals surface area contributed by atoms with Crippen LogP contribution >= 0.6 is 15.9 Å². The second kappa shape index (κ2) is 5.61. The van der Waals surface area contributed by atoms with E-state index in [-0.39, 0.29) is 5.56 Å². The molecular formula is C13H7BrF4O. The van der Waals surface area contributed by atoms with Crippen molar-refractivity contribution in [2.45, 2.75) is 6.61 Å². The van der Waals surface area contributed by atoms with Crippen molar-refractivity contribution < 1.29 is 22.3 Å². The summed E-state index contributed by atoms with van der Waals surface area (Å²) in [5.41, 5.74) is 0.800. The summed E-state index contributed by atoms with van der Waals surface area (Å²) in [7, 11) is 0. The van der Waals surface area contributed by atoms with Crippen LogP contribution in [0.25, 0.3) is 11.1 Å². The second-order valence-electron chi connectivity index (χ2n) is 3.65. The van der Waals surface area contributed by atoms with Crippen LogP contribution in [0.15, 0.2) is 40.9 Å². The van der Waals surface area contributed by atoms with Crippen molar-refractivity contribution in [1.82, 2.24) is 0 Å². The first-order valence-corrected chi connectivity index (χ1v) is 5.96. The van der Waals surface area contributed by atoms with Crippen molar-refractivity contribution in [1.29, 1.82) is 0 Å². The normalized spacial score (nSPS) is 10.8. The molecule has 0 bridgehead atoms. The Bertz CT molecular complexity index is 561. The van der Waals surface area contributed by atoms with Gasteiger partial charge in [-0.3, -0.25) is 0 Å². The van der Waals surface area contributed by atoms with Crippen molar-refractivity contribution >= 4 is 15.9 Å². The number of halogens is 5. The summed E-state index contributed by atoms with van der Waals surface area (Å²) in [6.07, 6.45) is 0. The lowest BCUT2D eigenvalue weighted by molar-refractivity contribution is -0.0546. The Morgan fingerprint density at radius 2 is 1.42 bits per heavy atom. The molecule has 0 aliphatic rings. The monoisotopic (exact) mass is 334 g/mol. The van der Waals surface area contributed by atoms with Crippen LogP contribution < -0.4 is 4.74 Å². The molecule has 0 N–H and O–H groups in total. The standard InChI is InChI=1S/C13H7BrF4O/c14-9-3-1-7(2-4-9)8-5-10(15)12(11(16)6-8)19-13(17)18/h1-6,13H.